The Balaban J connectivity index is 1.53. The van der Waals surface area contributed by atoms with Gasteiger partial charge in [-0.05, 0) is 54.8 Å². The molecule has 142 valence electrons. The Hall–Kier alpha value is -2.58. The molecule has 27 heavy (non-hydrogen) atoms. The van der Waals surface area contributed by atoms with Gasteiger partial charge in [0.1, 0.15) is 0 Å². The first-order valence-electron chi connectivity index (χ1n) is 8.66. The van der Waals surface area contributed by atoms with Crippen molar-refractivity contribution in [3.05, 3.63) is 47.5 Å². The molecule has 1 N–H and O–H groups in total. The molecule has 0 spiro atoms. The lowest BCUT2D eigenvalue weighted by Gasteiger charge is -2.20. The molecule has 1 unspecified atom stereocenters. The topological polar surface area (TPSA) is 84.9 Å². The zero-order valence-electron chi connectivity index (χ0n) is 15.1. The van der Waals surface area contributed by atoms with E-state index in [1.165, 1.54) is 13.0 Å². The minimum absolute atomic E-state index is 0.0250. The van der Waals surface area contributed by atoms with E-state index in [9.17, 15) is 13.2 Å². The molecule has 2 aliphatic heterocycles. The molecule has 2 aromatic carbocycles. The van der Waals surface area contributed by atoms with Crippen LogP contribution in [0.1, 0.15) is 25.0 Å². The number of nitrogens with one attached hydrogen (secondary N) is 1. The fourth-order valence-electron chi connectivity index (χ4n) is 3.57. The number of sulfonamides is 1. The van der Waals surface area contributed by atoms with Gasteiger partial charge < -0.3 is 14.4 Å². The average molecular weight is 388 g/mol. The number of benzene rings is 2. The Morgan fingerprint density at radius 1 is 1.19 bits per heavy atom. The quantitative estimate of drug-likeness (QED) is 0.868. The highest BCUT2D eigenvalue weighted by Crippen LogP contribution is 2.34. The maximum absolute atomic E-state index is 12.7. The van der Waals surface area contributed by atoms with E-state index in [0.717, 1.165) is 16.8 Å². The van der Waals surface area contributed by atoms with Crippen molar-refractivity contribution in [2.24, 2.45) is 0 Å². The zero-order chi connectivity index (χ0) is 19.2. The van der Waals surface area contributed by atoms with Crippen molar-refractivity contribution >= 4 is 21.6 Å². The second-order valence-electron chi connectivity index (χ2n) is 6.74. The number of ether oxygens (including phenoxy) is 2. The average Bonchev–Trinajstić information content (AvgIpc) is 3.21. The minimum atomic E-state index is -3.67. The van der Waals surface area contributed by atoms with E-state index >= 15 is 0 Å². The highest BCUT2D eigenvalue weighted by atomic mass is 32.2. The van der Waals surface area contributed by atoms with Crippen LogP contribution in [0.15, 0.2) is 41.3 Å². The van der Waals surface area contributed by atoms with Crippen molar-refractivity contribution < 1.29 is 22.7 Å². The fourth-order valence-corrected chi connectivity index (χ4v) is 4.64. The molecule has 1 atom stereocenters. The standard InChI is InChI=1S/C19H20N2O5S/c1-12-7-15-9-16(4-5-17(15)21(12)13(2)22)27(23,24)20-10-14-3-6-18-19(8-14)26-11-25-18/h3-6,8-9,12,20H,7,10-11H2,1-2H3. The third-order valence-corrected chi connectivity index (χ3v) is 6.22. The summed E-state index contributed by atoms with van der Waals surface area (Å²) in [6, 6.07) is 10.2. The van der Waals surface area contributed by atoms with Crippen LogP contribution < -0.4 is 19.1 Å². The van der Waals surface area contributed by atoms with Crippen LogP contribution in [-0.4, -0.2) is 27.2 Å². The summed E-state index contributed by atoms with van der Waals surface area (Å²) in [6.45, 7) is 3.79. The maximum Gasteiger partial charge on any atom is 0.240 e. The van der Waals surface area contributed by atoms with Gasteiger partial charge in [0.15, 0.2) is 11.5 Å². The Kier molecular flexibility index (Phi) is 4.32. The van der Waals surface area contributed by atoms with Crippen LogP contribution >= 0.6 is 0 Å². The number of anilines is 1. The molecule has 7 nitrogen and oxygen atoms in total. The van der Waals surface area contributed by atoms with Crippen LogP contribution in [0.5, 0.6) is 11.5 Å². The minimum Gasteiger partial charge on any atom is -0.454 e. The van der Waals surface area contributed by atoms with Crippen LogP contribution in [0, 0.1) is 0 Å². The van der Waals surface area contributed by atoms with Crippen molar-refractivity contribution in [2.45, 2.75) is 37.8 Å². The van der Waals surface area contributed by atoms with Crippen LogP contribution in [0.3, 0.4) is 0 Å². The van der Waals surface area contributed by atoms with E-state index in [1.54, 1.807) is 35.2 Å². The molecule has 0 fully saturated rings. The van der Waals surface area contributed by atoms with Gasteiger partial charge >= 0.3 is 0 Å². The predicted molar refractivity (Wildman–Crippen MR) is 99.4 cm³/mol. The number of carbonyl (C=O) groups is 1. The maximum atomic E-state index is 12.7. The summed E-state index contributed by atoms with van der Waals surface area (Å²) in [5.74, 6) is 1.23. The second-order valence-corrected chi connectivity index (χ2v) is 8.51. The summed E-state index contributed by atoms with van der Waals surface area (Å²) >= 11 is 0. The Morgan fingerprint density at radius 2 is 1.96 bits per heavy atom. The molecule has 0 saturated heterocycles. The van der Waals surface area contributed by atoms with E-state index < -0.39 is 10.0 Å². The van der Waals surface area contributed by atoms with Gasteiger partial charge in [-0.1, -0.05) is 6.07 Å². The Morgan fingerprint density at radius 3 is 2.74 bits per heavy atom. The lowest BCUT2D eigenvalue weighted by Crippen LogP contribution is -2.33. The van der Waals surface area contributed by atoms with Crippen molar-refractivity contribution in [2.75, 3.05) is 11.7 Å². The van der Waals surface area contributed by atoms with E-state index in [2.05, 4.69) is 4.72 Å². The Bertz CT molecular complexity index is 1020. The number of amides is 1. The lowest BCUT2D eigenvalue weighted by atomic mass is 10.1. The molecule has 2 heterocycles. The van der Waals surface area contributed by atoms with E-state index in [1.807, 2.05) is 6.92 Å². The number of nitrogens with zero attached hydrogens (tertiary/aromatic N) is 1. The Labute approximate surface area is 157 Å². The molecule has 0 bridgehead atoms. The lowest BCUT2D eigenvalue weighted by molar-refractivity contribution is -0.116. The van der Waals surface area contributed by atoms with Crippen LogP contribution in [0.4, 0.5) is 5.69 Å². The molecule has 2 aliphatic rings. The normalized spacial score (nSPS) is 17.9. The summed E-state index contributed by atoms with van der Waals surface area (Å²) in [6.07, 6.45) is 0.639. The van der Waals surface area contributed by atoms with Crippen molar-refractivity contribution in [1.82, 2.24) is 4.72 Å². The largest absolute Gasteiger partial charge is 0.454 e. The molecule has 2 aromatic rings. The van der Waals surface area contributed by atoms with Gasteiger partial charge in [-0.3, -0.25) is 4.79 Å². The van der Waals surface area contributed by atoms with Gasteiger partial charge in [0, 0.05) is 25.2 Å². The highest BCUT2D eigenvalue weighted by Gasteiger charge is 2.30. The van der Waals surface area contributed by atoms with Crippen molar-refractivity contribution in [1.29, 1.82) is 0 Å². The van der Waals surface area contributed by atoms with Gasteiger partial charge in [0.05, 0.1) is 4.90 Å². The van der Waals surface area contributed by atoms with Gasteiger partial charge in [0.25, 0.3) is 0 Å². The SMILES string of the molecule is CC(=O)N1c2ccc(S(=O)(=O)NCc3ccc4c(c3)OCO4)cc2CC1C. The fraction of sp³-hybridized carbons (Fsp3) is 0.316. The first-order chi connectivity index (χ1) is 12.8. The van der Waals surface area contributed by atoms with Gasteiger partial charge in [-0.25, -0.2) is 13.1 Å². The summed E-state index contributed by atoms with van der Waals surface area (Å²) in [5, 5.41) is 0. The summed E-state index contributed by atoms with van der Waals surface area (Å²) in [7, 11) is -3.67. The number of fused-ring (bicyclic) bond motifs is 2. The van der Waals surface area contributed by atoms with Gasteiger partial charge in [-0.15, -0.1) is 0 Å². The molecule has 0 aliphatic carbocycles. The predicted octanol–water partition coefficient (Wildman–Crippen LogP) is 2.19. The molecule has 0 aromatic heterocycles. The monoisotopic (exact) mass is 388 g/mol. The summed E-state index contributed by atoms with van der Waals surface area (Å²) in [5.41, 5.74) is 2.42. The van der Waals surface area contributed by atoms with E-state index in [-0.39, 0.29) is 30.2 Å². The number of rotatable bonds is 4. The summed E-state index contributed by atoms with van der Waals surface area (Å²) in [4.78, 5) is 13.7. The first-order valence-corrected chi connectivity index (χ1v) is 10.1. The number of carbonyl (C=O) groups excluding carboxylic acids is 1. The smallest absolute Gasteiger partial charge is 0.240 e. The van der Waals surface area contributed by atoms with E-state index in [4.69, 9.17) is 9.47 Å². The van der Waals surface area contributed by atoms with Crippen molar-refractivity contribution in [3.63, 3.8) is 0 Å². The second kappa shape index (κ2) is 6.54. The van der Waals surface area contributed by atoms with Crippen LogP contribution in [-0.2, 0) is 27.8 Å². The highest BCUT2D eigenvalue weighted by molar-refractivity contribution is 7.89. The molecule has 4 rings (SSSR count). The third-order valence-electron chi connectivity index (χ3n) is 4.82. The van der Waals surface area contributed by atoms with Crippen LogP contribution in [0.2, 0.25) is 0 Å². The number of hydrogen-bond donors (Lipinski definition) is 1. The molecule has 0 radical (unpaired) electrons. The molecule has 1 amide bonds. The van der Waals surface area contributed by atoms with E-state index in [0.29, 0.717) is 17.9 Å². The van der Waals surface area contributed by atoms with Crippen molar-refractivity contribution in [3.8, 4) is 11.5 Å². The molecular weight excluding hydrogens is 368 g/mol. The first kappa shape index (κ1) is 17.8. The zero-order valence-corrected chi connectivity index (χ0v) is 15.9. The van der Waals surface area contributed by atoms with Crippen LogP contribution in [0.25, 0.3) is 0 Å². The molecule has 8 heteroatoms. The third kappa shape index (κ3) is 3.26. The molecular formula is C19H20N2O5S. The van der Waals surface area contributed by atoms with Gasteiger partial charge in [-0.2, -0.15) is 0 Å². The number of hydrogen-bond acceptors (Lipinski definition) is 5. The molecule has 0 saturated carbocycles. The van der Waals surface area contributed by atoms with Gasteiger partial charge in [0.2, 0.25) is 22.7 Å². The summed E-state index contributed by atoms with van der Waals surface area (Å²) < 4.78 is 38.6.